The number of carbonyl (C=O) groups is 2. The third-order valence-electron chi connectivity index (χ3n) is 6.29. The van der Waals surface area contributed by atoms with Crippen LogP contribution in [0.15, 0.2) is 60.2 Å². The topological polar surface area (TPSA) is 73.3 Å². The molecule has 2 saturated heterocycles. The maximum Gasteiger partial charge on any atom is 0.295 e. The van der Waals surface area contributed by atoms with Gasteiger partial charge in [-0.2, -0.15) is 0 Å². The monoisotopic (exact) mass is 449 g/mol. The number of benzene rings is 2. The maximum absolute atomic E-state index is 13.1. The molecule has 0 bridgehead atoms. The molecule has 0 saturated carbocycles. The molecule has 2 fully saturated rings. The molecule has 33 heavy (non-hydrogen) atoms. The Labute approximate surface area is 194 Å². The Kier molecular flexibility index (Phi) is 7.11. The van der Waals surface area contributed by atoms with Gasteiger partial charge in [-0.05, 0) is 24.1 Å². The van der Waals surface area contributed by atoms with E-state index in [9.17, 15) is 14.7 Å². The molecule has 2 aliphatic heterocycles. The van der Waals surface area contributed by atoms with Crippen molar-refractivity contribution in [3.05, 3.63) is 71.3 Å². The predicted molar refractivity (Wildman–Crippen MR) is 128 cm³/mol. The largest absolute Gasteiger partial charge is 0.507 e. The van der Waals surface area contributed by atoms with Crippen LogP contribution in [-0.4, -0.2) is 80.1 Å². The molecule has 0 aliphatic carbocycles. The van der Waals surface area contributed by atoms with Crippen LogP contribution in [0.5, 0.6) is 0 Å². The van der Waals surface area contributed by atoms with Gasteiger partial charge in [-0.1, -0.05) is 42.5 Å². The number of ketones is 1. The Morgan fingerprint density at radius 2 is 1.67 bits per heavy atom. The van der Waals surface area contributed by atoms with E-state index in [0.29, 0.717) is 12.1 Å². The van der Waals surface area contributed by atoms with E-state index in [1.807, 2.05) is 49.3 Å². The van der Waals surface area contributed by atoms with Crippen LogP contribution in [0.4, 0.5) is 5.69 Å². The Morgan fingerprint density at radius 3 is 2.30 bits per heavy atom. The summed E-state index contributed by atoms with van der Waals surface area (Å²) in [4.78, 5) is 32.1. The third-order valence-corrected chi connectivity index (χ3v) is 6.29. The lowest BCUT2D eigenvalue weighted by atomic mass is 9.95. The molecule has 1 amide bonds. The average molecular weight is 450 g/mol. The van der Waals surface area contributed by atoms with E-state index in [2.05, 4.69) is 4.90 Å². The second-order valence-corrected chi connectivity index (χ2v) is 8.65. The molecule has 2 aromatic carbocycles. The molecule has 1 N–H and O–H groups in total. The Bertz CT molecular complexity index is 1010. The second kappa shape index (κ2) is 10.2. The number of carbonyl (C=O) groups excluding carboxylic acids is 2. The lowest BCUT2D eigenvalue weighted by molar-refractivity contribution is -0.140. The molecule has 4 rings (SSSR count). The highest BCUT2D eigenvalue weighted by Gasteiger charge is 2.45. The molecule has 7 nitrogen and oxygen atoms in total. The third kappa shape index (κ3) is 4.94. The van der Waals surface area contributed by atoms with Gasteiger partial charge in [0.15, 0.2) is 0 Å². The first-order valence-corrected chi connectivity index (χ1v) is 11.4. The highest BCUT2D eigenvalue weighted by atomic mass is 16.5. The molecule has 1 unspecified atom stereocenters. The van der Waals surface area contributed by atoms with Gasteiger partial charge < -0.3 is 19.6 Å². The molecule has 0 aromatic heterocycles. The fourth-order valence-electron chi connectivity index (χ4n) is 4.45. The lowest BCUT2D eigenvalue weighted by Gasteiger charge is -2.29. The number of rotatable bonds is 7. The SMILES string of the molecule is CN(C)c1ccc(C2/C(=C(/O)c3ccccc3)C(=O)C(=O)N2CCCN2CCOCC2)cc1. The van der Waals surface area contributed by atoms with Crippen LogP contribution >= 0.6 is 0 Å². The summed E-state index contributed by atoms with van der Waals surface area (Å²) < 4.78 is 5.41. The van der Waals surface area contributed by atoms with Gasteiger partial charge in [-0.15, -0.1) is 0 Å². The summed E-state index contributed by atoms with van der Waals surface area (Å²) in [5.41, 5.74) is 2.50. The number of nitrogens with zero attached hydrogens (tertiary/aromatic N) is 3. The smallest absolute Gasteiger partial charge is 0.295 e. The summed E-state index contributed by atoms with van der Waals surface area (Å²) >= 11 is 0. The zero-order valence-electron chi connectivity index (χ0n) is 19.2. The number of likely N-dealkylation sites (tertiary alicyclic amines) is 1. The number of aliphatic hydroxyl groups is 1. The van der Waals surface area contributed by atoms with Crippen molar-refractivity contribution in [2.75, 3.05) is 58.4 Å². The fourth-order valence-corrected chi connectivity index (χ4v) is 4.45. The number of ether oxygens (including phenoxy) is 1. The molecular weight excluding hydrogens is 418 g/mol. The number of morpholine rings is 1. The van der Waals surface area contributed by atoms with Crippen molar-refractivity contribution in [3.63, 3.8) is 0 Å². The number of aliphatic hydroxyl groups excluding tert-OH is 1. The minimum absolute atomic E-state index is 0.133. The van der Waals surface area contributed by atoms with E-state index in [1.54, 1.807) is 29.2 Å². The zero-order chi connectivity index (χ0) is 23.4. The number of anilines is 1. The second-order valence-electron chi connectivity index (χ2n) is 8.65. The van der Waals surface area contributed by atoms with Crippen molar-refractivity contribution >= 4 is 23.1 Å². The molecule has 0 radical (unpaired) electrons. The van der Waals surface area contributed by atoms with Crippen molar-refractivity contribution in [1.82, 2.24) is 9.80 Å². The van der Waals surface area contributed by atoms with Crippen LogP contribution in [0.3, 0.4) is 0 Å². The van der Waals surface area contributed by atoms with Crippen molar-refractivity contribution in [2.24, 2.45) is 0 Å². The summed E-state index contributed by atoms with van der Waals surface area (Å²) in [6.07, 6.45) is 0.741. The minimum atomic E-state index is -0.635. The normalized spacial score (nSPS) is 20.9. The molecule has 0 spiro atoms. The van der Waals surface area contributed by atoms with E-state index in [0.717, 1.165) is 50.5 Å². The first-order chi connectivity index (χ1) is 16.0. The number of hydrogen-bond acceptors (Lipinski definition) is 6. The highest BCUT2D eigenvalue weighted by Crippen LogP contribution is 2.39. The minimum Gasteiger partial charge on any atom is -0.507 e. The summed E-state index contributed by atoms with van der Waals surface area (Å²) in [5.74, 6) is -1.33. The standard InChI is InChI=1S/C26H31N3O4/c1-27(2)21-11-9-19(10-12-21)23-22(24(30)20-7-4-3-5-8-20)25(31)26(32)29(23)14-6-13-28-15-17-33-18-16-28/h3-5,7-12,23,30H,6,13-18H2,1-2H3/b24-22-. The van der Waals surface area contributed by atoms with Gasteiger partial charge in [0.25, 0.3) is 11.7 Å². The van der Waals surface area contributed by atoms with Crippen LogP contribution in [0.1, 0.15) is 23.6 Å². The van der Waals surface area contributed by atoms with Crippen molar-refractivity contribution in [2.45, 2.75) is 12.5 Å². The quantitative estimate of drug-likeness (QED) is 0.398. The molecule has 2 heterocycles. The van der Waals surface area contributed by atoms with Gasteiger partial charge in [0.05, 0.1) is 24.8 Å². The number of hydrogen-bond donors (Lipinski definition) is 1. The summed E-state index contributed by atoms with van der Waals surface area (Å²) in [6, 6.07) is 16.1. The first-order valence-electron chi connectivity index (χ1n) is 11.4. The van der Waals surface area contributed by atoms with Gasteiger partial charge in [0.1, 0.15) is 5.76 Å². The van der Waals surface area contributed by atoms with Crippen LogP contribution in [0.2, 0.25) is 0 Å². The lowest BCUT2D eigenvalue weighted by Crippen LogP contribution is -2.38. The van der Waals surface area contributed by atoms with E-state index in [4.69, 9.17) is 4.74 Å². The number of amides is 1. The van der Waals surface area contributed by atoms with Gasteiger partial charge in [0.2, 0.25) is 0 Å². The van der Waals surface area contributed by atoms with Crippen LogP contribution in [-0.2, 0) is 14.3 Å². The highest BCUT2D eigenvalue weighted by molar-refractivity contribution is 6.46. The Morgan fingerprint density at radius 1 is 1.00 bits per heavy atom. The Balaban J connectivity index is 1.66. The molecule has 7 heteroatoms. The van der Waals surface area contributed by atoms with Crippen molar-refractivity contribution in [3.8, 4) is 0 Å². The van der Waals surface area contributed by atoms with Crippen molar-refractivity contribution in [1.29, 1.82) is 0 Å². The molecule has 2 aliphatic rings. The van der Waals surface area contributed by atoms with Crippen LogP contribution < -0.4 is 4.90 Å². The summed E-state index contributed by atoms with van der Waals surface area (Å²) in [5, 5.41) is 11.1. The van der Waals surface area contributed by atoms with Crippen LogP contribution in [0, 0.1) is 0 Å². The van der Waals surface area contributed by atoms with E-state index >= 15 is 0 Å². The average Bonchev–Trinajstić information content (AvgIpc) is 3.10. The fraction of sp³-hybridized carbons (Fsp3) is 0.385. The van der Waals surface area contributed by atoms with Crippen molar-refractivity contribution < 1.29 is 19.4 Å². The molecular formula is C26H31N3O4. The first kappa shape index (κ1) is 23.0. The zero-order valence-corrected chi connectivity index (χ0v) is 19.2. The molecule has 2 aromatic rings. The van der Waals surface area contributed by atoms with E-state index in [1.165, 1.54) is 0 Å². The van der Waals surface area contributed by atoms with Gasteiger partial charge in [0, 0.05) is 51.5 Å². The van der Waals surface area contributed by atoms with Crippen LogP contribution in [0.25, 0.3) is 5.76 Å². The summed E-state index contributed by atoms with van der Waals surface area (Å²) in [7, 11) is 3.92. The van der Waals surface area contributed by atoms with E-state index in [-0.39, 0.29) is 11.3 Å². The molecule has 1 atom stereocenters. The predicted octanol–water partition coefficient (Wildman–Crippen LogP) is 2.90. The maximum atomic E-state index is 13.1. The van der Waals surface area contributed by atoms with Gasteiger partial charge in [-0.25, -0.2) is 0 Å². The van der Waals surface area contributed by atoms with E-state index < -0.39 is 17.7 Å². The number of Topliss-reactive ketones (excluding diaryl/α,β-unsaturated/α-hetero) is 1. The van der Waals surface area contributed by atoms with Gasteiger partial charge >= 0.3 is 0 Å². The Hall–Kier alpha value is -3.16. The van der Waals surface area contributed by atoms with Gasteiger partial charge in [-0.3, -0.25) is 14.5 Å². The molecule has 174 valence electrons. The summed E-state index contributed by atoms with van der Waals surface area (Å²) in [6.45, 7) is 4.47.